The Morgan fingerprint density at radius 2 is 2.00 bits per heavy atom. The molecule has 0 aliphatic rings. The second-order valence-corrected chi connectivity index (χ2v) is 4.78. The lowest BCUT2D eigenvalue weighted by molar-refractivity contribution is 0.241. The summed E-state index contributed by atoms with van der Waals surface area (Å²) >= 11 is 6.03. The summed E-state index contributed by atoms with van der Waals surface area (Å²) in [7, 11) is 1.64. The smallest absolute Gasteiger partial charge is 0.314 e. The van der Waals surface area contributed by atoms with Crippen LogP contribution in [0.2, 0.25) is 5.02 Å². The molecule has 1 rings (SSSR count). The molecule has 0 aromatic heterocycles. The molecule has 0 heterocycles. The molecular weight excluding hydrogens is 264 g/mol. The van der Waals surface area contributed by atoms with Gasteiger partial charge in [0.25, 0.3) is 0 Å². The maximum absolute atomic E-state index is 11.4. The SMILES string of the molecule is CCCNC(=O)NCCc1cc(Cl)cc(C)c1OC. The van der Waals surface area contributed by atoms with Crippen molar-refractivity contribution in [2.24, 2.45) is 0 Å². The number of nitrogens with one attached hydrogen (secondary N) is 2. The maximum atomic E-state index is 11.4. The predicted molar refractivity (Wildman–Crippen MR) is 78.1 cm³/mol. The quantitative estimate of drug-likeness (QED) is 0.844. The van der Waals surface area contributed by atoms with Crippen LogP contribution in [-0.2, 0) is 6.42 Å². The van der Waals surface area contributed by atoms with Crippen LogP contribution in [0.3, 0.4) is 0 Å². The summed E-state index contributed by atoms with van der Waals surface area (Å²) in [5, 5.41) is 6.25. The Morgan fingerprint density at radius 1 is 1.32 bits per heavy atom. The zero-order valence-corrected chi connectivity index (χ0v) is 12.4. The molecule has 1 aromatic carbocycles. The van der Waals surface area contributed by atoms with E-state index in [1.807, 2.05) is 26.0 Å². The fourth-order valence-electron chi connectivity index (χ4n) is 1.89. The number of hydrogen-bond acceptors (Lipinski definition) is 2. The van der Waals surface area contributed by atoms with E-state index in [1.54, 1.807) is 7.11 Å². The number of amides is 2. The summed E-state index contributed by atoms with van der Waals surface area (Å²) in [6, 6.07) is 3.60. The molecular formula is C14H21ClN2O2. The number of halogens is 1. The topological polar surface area (TPSA) is 50.4 Å². The Labute approximate surface area is 119 Å². The van der Waals surface area contributed by atoms with Crippen LogP contribution in [0, 0.1) is 6.92 Å². The van der Waals surface area contributed by atoms with Gasteiger partial charge in [0.1, 0.15) is 5.75 Å². The lowest BCUT2D eigenvalue weighted by Gasteiger charge is -2.13. The minimum atomic E-state index is -0.139. The standard InChI is InChI=1S/C14H21ClN2O2/c1-4-6-16-14(18)17-7-5-11-9-12(15)8-10(2)13(11)19-3/h8-9H,4-7H2,1-3H3,(H2,16,17,18). The first-order valence-corrected chi connectivity index (χ1v) is 6.81. The van der Waals surface area contributed by atoms with E-state index in [2.05, 4.69) is 10.6 Å². The van der Waals surface area contributed by atoms with Crippen LogP contribution in [0.25, 0.3) is 0 Å². The van der Waals surface area contributed by atoms with Crippen molar-refractivity contribution in [1.29, 1.82) is 0 Å². The molecule has 19 heavy (non-hydrogen) atoms. The lowest BCUT2D eigenvalue weighted by Crippen LogP contribution is -2.36. The van der Waals surface area contributed by atoms with Crippen molar-refractivity contribution >= 4 is 17.6 Å². The molecule has 0 fully saturated rings. The molecule has 0 aliphatic carbocycles. The van der Waals surface area contributed by atoms with Gasteiger partial charge in [-0.1, -0.05) is 18.5 Å². The summed E-state index contributed by atoms with van der Waals surface area (Å²) in [6.45, 7) is 5.20. The first-order valence-electron chi connectivity index (χ1n) is 6.43. The van der Waals surface area contributed by atoms with Crippen LogP contribution >= 0.6 is 11.6 Å². The summed E-state index contributed by atoms with van der Waals surface area (Å²) < 4.78 is 5.37. The number of methoxy groups -OCH3 is 1. The van der Waals surface area contributed by atoms with Gasteiger partial charge in [-0.3, -0.25) is 0 Å². The van der Waals surface area contributed by atoms with Crippen molar-refractivity contribution in [2.45, 2.75) is 26.7 Å². The van der Waals surface area contributed by atoms with Gasteiger partial charge in [-0.2, -0.15) is 0 Å². The normalized spacial score (nSPS) is 10.1. The highest BCUT2D eigenvalue weighted by molar-refractivity contribution is 6.30. The number of aryl methyl sites for hydroxylation is 1. The Bertz CT molecular complexity index is 436. The summed E-state index contributed by atoms with van der Waals surface area (Å²) in [5.41, 5.74) is 2.00. The molecule has 0 radical (unpaired) electrons. The van der Waals surface area contributed by atoms with E-state index in [4.69, 9.17) is 16.3 Å². The van der Waals surface area contributed by atoms with Gasteiger partial charge in [0.2, 0.25) is 0 Å². The van der Waals surface area contributed by atoms with E-state index in [-0.39, 0.29) is 6.03 Å². The zero-order chi connectivity index (χ0) is 14.3. The molecule has 0 saturated heterocycles. The Morgan fingerprint density at radius 3 is 2.63 bits per heavy atom. The maximum Gasteiger partial charge on any atom is 0.314 e. The number of urea groups is 1. The van der Waals surface area contributed by atoms with Crippen molar-refractivity contribution in [1.82, 2.24) is 10.6 Å². The van der Waals surface area contributed by atoms with Crippen LogP contribution in [0.4, 0.5) is 4.79 Å². The van der Waals surface area contributed by atoms with Gasteiger partial charge in [0.15, 0.2) is 0 Å². The van der Waals surface area contributed by atoms with Crippen molar-refractivity contribution in [3.05, 3.63) is 28.3 Å². The van der Waals surface area contributed by atoms with Gasteiger partial charge in [-0.15, -0.1) is 0 Å². The Hall–Kier alpha value is -1.42. The summed E-state index contributed by atoms with van der Waals surface area (Å²) in [6.07, 6.45) is 1.61. The number of rotatable bonds is 6. The number of hydrogen-bond donors (Lipinski definition) is 2. The van der Waals surface area contributed by atoms with Crippen molar-refractivity contribution in [2.75, 3.05) is 20.2 Å². The molecule has 1 aromatic rings. The molecule has 106 valence electrons. The van der Waals surface area contributed by atoms with Gasteiger partial charge in [0, 0.05) is 18.1 Å². The van der Waals surface area contributed by atoms with Gasteiger partial charge in [0.05, 0.1) is 7.11 Å². The van der Waals surface area contributed by atoms with Crippen molar-refractivity contribution < 1.29 is 9.53 Å². The highest BCUT2D eigenvalue weighted by atomic mass is 35.5. The van der Waals surface area contributed by atoms with Gasteiger partial charge >= 0.3 is 6.03 Å². The van der Waals surface area contributed by atoms with E-state index in [1.165, 1.54) is 0 Å². The van der Waals surface area contributed by atoms with Crippen molar-refractivity contribution in [3.8, 4) is 5.75 Å². The van der Waals surface area contributed by atoms with Crippen LogP contribution < -0.4 is 15.4 Å². The summed E-state index contributed by atoms with van der Waals surface area (Å²) in [4.78, 5) is 11.4. The molecule has 0 unspecified atom stereocenters. The fourth-order valence-corrected chi connectivity index (χ4v) is 2.18. The highest BCUT2D eigenvalue weighted by Gasteiger charge is 2.08. The average Bonchev–Trinajstić information content (AvgIpc) is 2.36. The van der Waals surface area contributed by atoms with E-state index >= 15 is 0 Å². The third-order valence-corrected chi connectivity index (χ3v) is 2.95. The Kier molecular flexibility index (Phi) is 6.50. The lowest BCUT2D eigenvalue weighted by atomic mass is 10.1. The molecule has 0 spiro atoms. The van der Waals surface area contributed by atoms with E-state index in [9.17, 15) is 4.79 Å². The minimum Gasteiger partial charge on any atom is -0.496 e. The molecule has 0 bridgehead atoms. The third kappa shape index (κ3) is 4.99. The summed E-state index contributed by atoms with van der Waals surface area (Å²) in [5.74, 6) is 0.833. The zero-order valence-electron chi connectivity index (χ0n) is 11.7. The van der Waals surface area contributed by atoms with E-state index in [0.29, 0.717) is 24.5 Å². The molecule has 5 heteroatoms. The fraction of sp³-hybridized carbons (Fsp3) is 0.500. The predicted octanol–water partition coefficient (Wildman–Crippen LogP) is 2.91. The largest absolute Gasteiger partial charge is 0.496 e. The molecule has 2 amide bonds. The minimum absolute atomic E-state index is 0.139. The van der Waals surface area contributed by atoms with Crippen molar-refractivity contribution in [3.63, 3.8) is 0 Å². The molecule has 0 atom stereocenters. The second kappa shape index (κ2) is 7.89. The van der Waals surface area contributed by atoms with Gasteiger partial charge < -0.3 is 15.4 Å². The third-order valence-electron chi connectivity index (χ3n) is 2.74. The average molecular weight is 285 g/mol. The molecule has 0 saturated carbocycles. The molecule has 2 N–H and O–H groups in total. The number of carbonyl (C=O) groups excluding carboxylic acids is 1. The number of carbonyl (C=O) groups is 1. The van der Waals surface area contributed by atoms with Gasteiger partial charge in [-0.05, 0) is 43.0 Å². The van der Waals surface area contributed by atoms with Crippen LogP contribution in [-0.4, -0.2) is 26.2 Å². The van der Waals surface area contributed by atoms with Crippen LogP contribution in [0.5, 0.6) is 5.75 Å². The first-order chi connectivity index (χ1) is 9.08. The number of benzene rings is 1. The van der Waals surface area contributed by atoms with Gasteiger partial charge in [-0.25, -0.2) is 4.79 Å². The second-order valence-electron chi connectivity index (χ2n) is 4.35. The number of ether oxygens (including phenoxy) is 1. The molecule has 4 nitrogen and oxygen atoms in total. The Balaban J connectivity index is 2.55. The van der Waals surface area contributed by atoms with E-state index < -0.39 is 0 Å². The monoisotopic (exact) mass is 284 g/mol. The molecule has 0 aliphatic heterocycles. The first kappa shape index (κ1) is 15.6. The highest BCUT2D eigenvalue weighted by Crippen LogP contribution is 2.27. The van der Waals surface area contributed by atoms with E-state index in [0.717, 1.165) is 23.3 Å². The van der Waals surface area contributed by atoms with Crippen LogP contribution in [0.1, 0.15) is 24.5 Å². The van der Waals surface area contributed by atoms with Crippen LogP contribution in [0.15, 0.2) is 12.1 Å².